The zero-order valence-electron chi connectivity index (χ0n) is 12.3. The number of piperidine rings is 1. The van der Waals surface area contributed by atoms with Crippen LogP contribution in [-0.2, 0) is 14.8 Å². The van der Waals surface area contributed by atoms with Gasteiger partial charge in [0.05, 0.1) is 11.8 Å². The van der Waals surface area contributed by atoms with Gasteiger partial charge in [-0.15, -0.1) is 0 Å². The highest BCUT2D eigenvalue weighted by Crippen LogP contribution is 2.27. The number of hydrogen-bond donors (Lipinski definition) is 2. The van der Waals surface area contributed by atoms with Gasteiger partial charge in [0, 0.05) is 25.4 Å². The Hall–Kier alpha value is -1.31. The van der Waals surface area contributed by atoms with Gasteiger partial charge in [0.1, 0.15) is 4.90 Å². The number of anilines is 2. The second-order valence-corrected chi connectivity index (χ2v) is 6.88. The molecule has 1 aromatic rings. The lowest BCUT2D eigenvalue weighted by Crippen LogP contribution is -2.39. The molecular formula is C14H23N3O3S. The Morgan fingerprint density at radius 3 is 2.81 bits per heavy atom. The van der Waals surface area contributed by atoms with E-state index < -0.39 is 10.0 Å². The lowest BCUT2D eigenvalue weighted by molar-refractivity contribution is 0.0440. The summed E-state index contributed by atoms with van der Waals surface area (Å²) in [7, 11) is -3.77. The number of primary sulfonamides is 1. The molecule has 118 valence electrons. The third-order valence-electron chi connectivity index (χ3n) is 3.60. The number of sulfonamides is 1. The van der Waals surface area contributed by atoms with Gasteiger partial charge in [-0.05, 0) is 37.5 Å². The fourth-order valence-corrected chi connectivity index (χ4v) is 3.23. The van der Waals surface area contributed by atoms with Crippen molar-refractivity contribution in [2.24, 2.45) is 5.14 Å². The summed E-state index contributed by atoms with van der Waals surface area (Å²) in [6.45, 7) is 4.58. The van der Waals surface area contributed by atoms with E-state index in [1.165, 1.54) is 6.07 Å². The molecule has 1 aliphatic rings. The first kappa shape index (κ1) is 16.1. The Kier molecular flexibility index (Phi) is 5.08. The van der Waals surface area contributed by atoms with Crippen molar-refractivity contribution >= 4 is 21.4 Å². The van der Waals surface area contributed by atoms with E-state index in [0.717, 1.165) is 44.6 Å². The van der Waals surface area contributed by atoms with E-state index in [4.69, 9.17) is 15.6 Å². The molecule has 1 aliphatic heterocycles. The van der Waals surface area contributed by atoms with Gasteiger partial charge in [0.15, 0.2) is 0 Å². The molecule has 0 saturated carbocycles. The normalized spacial score (nSPS) is 19.7. The summed E-state index contributed by atoms with van der Waals surface area (Å²) >= 11 is 0. The van der Waals surface area contributed by atoms with Crippen LogP contribution in [0.15, 0.2) is 23.1 Å². The summed E-state index contributed by atoms with van der Waals surface area (Å²) in [4.78, 5) is 2.15. The highest BCUT2D eigenvalue weighted by molar-refractivity contribution is 7.89. The second-order valence-electron chi connectivity index (χ2n) is 5.35. The van der Waals surface area contributed by atoms with Crippen LogP contribution in [0, 0.1) is 0 Å². The highest BCUT2D eigenvalue weighted by atomic mass is 32.2. The van der Waals surface area contributed by atoms with E-state index in [2.05, 4.69) is 11.8 Å². The summed E-state index contributed by atoms with van der Waals surface area (Å²) in [5, 5.41) is 5.12. The van der Waals surface area contributed by atoms with Crippen molar-refractivity contribution in [3.63, 3.8) is 0 Å². The topological polar surface area (TPSA) is 98.6 Å². The minimum absolute atomic E-state index is 0.0259. The Labute approximate surface area is 126 Å². The Bertz CT molecular complexity index is 589. The van der Waals surface area contributed by atoms with Crippen molar-refractivity contribution < 1.29 is 13.2 Å². The van der Waals surface area contributed by atoms with Gasteiger partial charge in [0.2, 0.25) is 10.0 Å². The molecule has 1 aromatic carbocycles. The molecule has 4 N–H and O–H groups in total. The standard InChI is InChI=1S/C14H23N3O3S/c1-2-8-20-12-4-3-7-17(10-12)11-5-6-14(13(15)9-11)21(16,18)19/h5-6,9,12H,2-4,7-8,10,15H2,1H3,(H2,16,18,19). The monoisotopic (exact) mass is 313 g/mol. The maximum Gasteiger partial charge on any atom is 0.240 e. The van der Waals surface area contributed by atoms with Crippen molar-refractivity contribution in [2.45, 2.75) is 37.2 Å². The third kappa shape index (κ3) is 4.09. The van der Waals surface area contributed by atoms with Crippen LogP contribution in [0.4, 0.5) is 11.4 Å². The van der Waals surface area contributed by atoms with Gasteiger partial charge in [-0.2, -0.15) is 0 Å². The van der Waals surface area contributed by atoms with Crippen LogP contribution in [-0.4, -0.2) is 34.2 Å². The molecule has 1 unspecified atom stereocenters. The van der Waals surface area contributed by atoms with E-state index in [1.54, 1.807) is 12.1 Å². The maximum absolute atomic E-state index is 11.4. The molecule has 21 heavy (non-hydrogen) atoms. The predicted octanol–water partition coefficient (Wildman–Crippen LogP) is 1.31. The zero-order valence-corrected chi connectivity index (χ0v) is 13.1. The largest absolute Gasteiger partial charge is 0.398 e. The van der Waals surface area contributed by atoms with Crippen LogP contribution in [0.5, 0.6) is 0 Å². The van der Waals surface area contributed by atoms with Crippen molar-refractivity contribution in [1.29, 1.82) is 0 Å². The molecule has 1 fully saturated rings. The average molecular weight is 313 g/mol. The number of ether oxygens (including phenoxy) is 1. The minimum atomic E-state index is -3.77. The number of hydrogen-bond acceptors (Lipinski definition) is 5. The third-order valence-corrected chi connectivity index (χ3v) is 4.59. The summed E-state index contributed by atoms with van der Waals surface area (Å²) < 4.78 is 28.6. The smallest absolute Gasteiger partial charge is 0.240 e. The van der Waals surface area contributed by atoms with E-state index in [1.807, 2.05) is 0 Å². The van der Waals surface area contributed by atoms with Gasteiger partial charge < -0.3 is 15.4 Å². The number of nitrogens with zero attached hydrogens (tertiary/aromatic N) is 1. The molecule has 6 nitrogen and oxygen atoms in total. The Morgan fingerprint density at radius 2 is 2.19 bits per heavy atom. The van der Waals surface area contributed by atoms with Crippen LogP contribution in [0.3, 0.4) is 0 Å². The summed E-state index contributed by atoms with van der Waals surface area (Å²) in [5.74, 6) is 0. The Morgan fingerprint density at radius 1 is 1.43 bits per heavy atom. The maximum atomic E-state index is 11.4. The number of rotatable bonds is 5. The lowest BCUT2D eigenvalue weighted by Gasteiger charge is -2.34. The first-order valence-corrected chi connectivity index (χ1v) is 8.75. The predicted molar refractivity (Wildman–Crippen MR) is 83.7 cm³/mol. The van der Waals surface area contributed by atoms with Crippen LogP contribution in [0.25, 0.3) is 0 Å². The van der Waals surface area contributed by atoms with Crippen molar-refractivity contribution in [3.05, 3.63) is 18.2 Å². The molecule has 0 radical (unpaired) electrons. The van der Waals surface area contributed by atoms with Crippen LogP contribution in [0.2, 0.25) is 0 Å². The first-order chi connectivity index (χ1) is 9.91. The van der Waals surface area contributed by atoms with Gasteiger partial charge in [-0.1, -0.05) is 6.92 Å². The summed E-state index contributed by atoms with van der Waals surface area (Å²) in [6.07, 6.45) is 3.33. The molecule has 0 spiro atoms. The van der Waals surface area contributed by atoms with Gasteiger partial charge in [-0.3, -0.25) is 0 Å². The summed E-state index contributed by atoms with van der Waals surface area (Å²) in [6, 6.07) is 4.89. The molecule has 1 saturated heterocycles. The van der Waals surface area contributed by atoms with E-state index >= 15 is 0 Å². The summed E-state index contributed by atoms with van der Waals surface area (Å²) in [5.41, 5.74) is 6.91. The molecule has 0 aromatic heterocycles. The second kappa shape index (κ2) is 6.64. The average Bonchev–Trinajstić information content (AvgIpc) is 2.44. The van der Waals surface area contributed by atoms with Crippen LogP contribution in [0.1, 0.15) is 26.2 Å². The van der Waals surface area contributed by atoms with E-state index in [9.17, 15) is 8.42 Å². The molecule has 0 aliphatic carbocycles. The molecule has 7 heteroatoms. The SMILES string of the molecule is CCCOC1CCCN(c2ccc(S(N)(=O)=O)c(N)c2)C1. The first-order valence-electron chi connectivity index (χ1n) is 7.20. The highest BCUT2D eigenvalue weighted by Gasteiger charge is 2.21. The van der Waals surface area contributed by atoms with E-state index in [0.29, 0.717) is 0 Å². The van der Waals surface area contributed by atoms with E-state index in [-0.39, 0.29) is 16.7 Å². The molecule has 1 atom stereocenters. The molecule has 0 bridgehead atoms. The van der Waals surface area contributed by atoms with Crippen LogP contribution >= 0.6 is 0 Å². The van der Waals surface area contributed by atoms with Gasteiger partial charge >= 0.3 is 0 Å². The van der Waals surface area contributed by atoms with Gasteiger partial charge in [0.25, 0.3) is 0 Å². The number of nitrogen functional groups attached to an aromatic ring is 1. The molecular weight excluding hydrogens is 290 g/mol. The number of benzene rings is 1. The minimum Gasteiger partial charge on any atom is -0.398 e. The Balaban J connectivity index is 2.13. The van der Waals surface area contributed by atoms with Crippen molar-refractivity contribution in [2.75, 3.05) is 30.3 Å². The van der Waals surface area contributed by atoms with Crippen LogP contribution < -0.4 is 15.8 Å². The van der Waals surface area contributed by atoms with Crippen molar-refractivity contribution in [1.82, 2.24) is 0 Å². The van der Waals surface area contributed by atoms with Crippen molar-refractivity contribution in [3.8, 4) is 0 Å². The molecule has 2 rings (SSSR count). The molecule has 0 amide bonds. The number of nitrogens with two attached hydrogens (primary N) is 2. The lowest BCUT2D eigenvalue weighted by atomic mass is 10.1. The van der Waals surface area contributed by atoms with Gasteiger partial charge in [-0.25, -0.2) is 13.6 Å². The fourth-order valence-electron chi connectivity index (χ4n) is 2.58. The zero-order chi connectivity index (χ0) is 15.5. The molecule has 1 heterocycles. The fraction of sp³-hybridized carbons (Fsp3) is 0.571. The quantitative estimate of drug-likeness (QED) is 0.799.